The van der Waals surface area contributed by atoms with E-state index >= 15 is 0 Å². The molecule has 3 nitrogen and oxygen atoms in total. The summed E-state index contributed by atoms with van der Waals surface area (Å²) in [5, 5.41) is 0.598. The zero-order valence-corrected chi connectivity index (χ0v) is 23.8. The molecule has 0 amide bonds. The highest BCUT2D eigenvalue weighted by Crippen LogP contribution is 2.47. The van der Waals surface area contributed by atoms with E-state index in [0.717, 1.165) is 35.5 Å². The molecule has 0 fully saturated rings. The van der Waals surface area contributed by atoms with Crippen molar-refractivity contribution in [3.8, 4) is 11.1 Å². The standard InChI is InChI=1S/C28H34BrO3PS/c1-5-22-16-17-28(29)26(6-2)27(22)20-34-19-21-12-14-23(15-13-21)24-10-9-11-25(18-24)33(30,31-7-3)32-8-4/h9-18H,5-8,19-20H2,1-4H3. The summed E-state index contributed by atoms with van der Waals surface area (Å²) in [7, 11) is -3.30. The summed E-state index contributed by atoms with van der Waals surface area (Å²) in [6.07, 6.45) is 2.10. The van der Waals surface area contributed by atoms with Crippen molar-refractivity contribution in [2.75, 3.05) is 13.2 Å². The van der Waals surface area contributed by atoms with Crippen molar-refractivity contribution in [2.24, 2.45) is 0 Å². The molecule has 34 heavy (non-hydrogen) atoms. The molecule has 0 N–H and O–H groups in total. The fourth-order valence-electron chi connectivity index (χ4n) is 4.05. The van der Waals surface area contributed by atoms with Gasteiger partial charge in [-0.25, -0.2) is 0 Å². The molecule has 0 saturated heterocycles. The molecule has 3 aromatic carbocycles. The average Bonchev–Trinajstić information content (AvgIpc) is 2.85. The maximum atomic E-state index is 13.1. The van der Waals surface area contributed by atoms with E-state index in [1.165, 1.54) is 26.7 Å². The summed E-state index contributed by atoms with van der Waals surface area (Å²) in [4.78, 5) is 0. The Kier molecular flexibility index (Phi) is 10.5. The van der Waals surface area contributed by atoms with Gasteiger partial charge >= 0.3 is 7.60 Å². The van der Waals surface area contributed by atoms with Crippen LogP contribution < -0.4 is 5.30 Å². The summed E-state index contributed by atoms with van der Waals surface area (Å²) >= 11 is 5.68. The monoisotopic (exact) mass is 560 g/mol. The van der Waals surface area contributed by atoms with Gasteiger partial charge in [0.25, 0.3) is 0 Å². The summed E-state index contributed by atoms with van der Waals surface area (Å²) in [6, 6.07) is 20.7. The number of halogens is 1. The van der Waals surface area contributed by atoms with Gasteiger partial charge in [0.2, 0.25) is 0 Å². The molecule has 0 radical (unpaired) electrons. The van der Waals surface area contributed by atoms with Crippen molar-refractivity contribution in [3.05, 3.63) is 87.4 Å². The fourth-order valence-corrected chi connectivity index (χ4v) is 7.42. The largest absolute Gasteiger partial charge is 0.361 e. The van der Waals surface area contributed by atoms with Crippen molar-refractivity contribution in [3.63, 3.8) is 0 Å². The van der Waals surface area contributed by atoms with Gasteiger partial charge in [0.05, 0.1) is 18.5 Å². The van der Waals surface area contributed by atoms with Crippen LogP contribution in [0, 0.1) is 0 Å². The second-order valence-corrected chi connectivity index (χ2v) is 11.8. The number of benzene rings is 3. The maximum absolute atomic E-state index is 13.1. The van der Waals surface area contributed by atoms with Gasteiger partial charge in [-0.15, -0.1) is 0 Å². The topological polar surface area (TPSA) is 35.5 Å². The van der Waals surface area contributed by atoms with Crippen molar-refractivity contribution >= 4 is 40.6 Å². The van der Waals surface area contributed by atoms with Gasteiger partial charge < -0.3 is 9.05 Å². The second-order valence-electron chi connectivity index (χ2n) is 7.94. The van der Waals surface area contributed by atoms with Gasteiger partial charge in [-0.3, -0.25) is 4.57 Å². The molecule has 6 heteroatoms. The van der Waals surface area contributed by atoms with E-state index in [1.807, 2.05) is 49.9 Å². The van der Waals surface area contributed by atoms with E-state index < -0.39 is 7.60 Å². The SMILES string of the molecule is CCOP(=O)(OCC)c1cccc(-c2ccc(CSCc3c(CC)ccc(Br)c3CC)cc2)c1. The van der Waals surface area contributed by atoms with E-state index in [9.17, 15) is 4.57 Å². The quantitative estimate of drug-likeness (QED) is 0.208. The molecule has 3 aromatic rings. The van der Waals surface area contributed by atoms with Crippen LogP contribution in [0.25, 0.3) is 11.1 Å². The minimum Gasteiger partial charge on any atom is -0.305 e. The Hall–Kier alpha value is -1.36. The van der Waals surface area contributed by atoms with Gasteiger partial charge in [0.15, 0.2) is 0 Å². The smallest absolute Gasteiger partial charge is 0.305 e. The minimum atomic E-state index is -3.30. The molecule has 0 saturated carbocycles. The molecule has 0 atom stereocenters. The minimum absolute atomic E-state index is 0.341. The lowest BCUT2D eigenvalue weighted by Crippen LogP contribution is -2.10. The lowest BCUT2D eigenvalue weighted by atomic mass is 9.99. The Bertz CT molecular complexity index is 1120. The van der Waals surface area contributed by atoms with Gasteiger partial charge in [-0.1, -0.05) is 72.2 Å². The van der Waals surface area contributed by atoms with Crippen LogP contribution in [0.3, 0.4) is 0 Å². The Morgan fingerprint density at radius 1 is 0.794 bits per heavy atom. The van der Waals surface area contributed by atoms with Crippen molar-refractivity contribution in [1.29, 1.82) is 0 Å². The van der Waals surface area contributed by atoms with Crippen LogP contribution >= 0.6 is 35.3 Å². The van der Waals surface area contributed by atoms with Crippen LogP contribution in [0.2, 0.25) is 0 Å². The maximum Gasteiger partial charge on any atom is 0.361 e. The first-order valence-electron chi connectivity index (χ1n) is 11.9. The number of aryl methyl sites for hydroxylation is 1. The van der Waals surface area contributed by atoms with E-state index in [2.05, 4.69) is 66.2 Å². The molecule has 0 aliphatic heterocycles. The third-order valence-electron chi connectivity index (χ3n) is 5.77. The number of hydrogen-bond donors (Lipinski definition) is 0. The van der Waals surface area contributed by atoms with Crippen LogP contribution in [0.5, 0.6) is 0 Å². The summed E-state index contributed by atoms with van der Waals surface area (Å²) < 4.78 is 25.4. The first-order chi connectivity index (χ1) is 16.5. The predicted molar refractivity (Wildman–Crippen MR) is 150 cm³/mol. The number of thioether (sulfide) groups is 1. The highest BCUT2D eigenvalue weighted by Gasteiger charge is 2.26. The average molecular weight is 562 g/mol. The van der Waals surface area contributed by atoms with Crippen molar-refractivity contribution < 1.29 is 13.6 Å². The molecule has 0 aromatic heterocycles. The first kappa shape index (κ1) is 27.2. The molecule has 0 aliphatic rings. The van der Waals surface area contributed by atoms with Crippen molar-refractivity contribution in [1.82, 2.24) is 0 Å². The van der Waals surface area contributed by atoms with Gasteiger partial charge in [0.1, 0.15) is 0 Å². The molecule has 0 spiro atoms. The van der Waals surface area contributed by atoms with Crippen LogP contribution in [0.15, 0.2) is 65.1 Å². The Morgan fingerprint density at radius 2 is 1.50 bits per heavy atom. The molecule has 0 heterocycles. The highest BCUT2D eigenvalue weighted by molar-refractivity contribution is 9.10. The normalized spacial score (nSPS) is 11.7. The zero-order valence-electron chi connectivity index (χ0n) is 20.5. The van der Waals surface area contributed by atoms with Crippen molar-refractivity contribution in [2.45, 2.75) is 52.0 Å². The zero-order chi connectivity index (χ0) is 24.6. The number of hydrogen-bond acceptors (Lipinski definition) is 4. The van der Waals surface area contributed by atoms with E-state index in [1.54, 1.807) is 0 Å². The molecule has 182 valence electrons. The molecule has 0 unspecified atom stereocenters. The molecular formula is C28H34BrO3PS. The predicted octanol–water partition coefficient (Wildman–Crippen LogP) is 8.57. The fraction of sp³-hybridized carbons (Fsp3) is 0.357. The van der Waals surface area contributed by atoms with Crippen LogP contribution in [-0.4, -0.2) is 13.2 Å². The Balaban J connectivity index is 1.71. The van der Waals surface area contributed by atoms with E-state index in [4.69, 9.17) is 9.05 Å². The van der Waals surface area contributed by atoms with E-state index in [-0.39, 0.29) is 0 Å². The molecule has 0 aliphatic carbocycles. The summed E-state index contributed by atoms with van der Waals surface area (Å²) in [5.41, 5.74) is 7.74. The molecule has 3 rings (SSSR count). The Labute approximate surface area is 217 Å². The number of rotatable bonds is 12. The first-order valence-corrected chi connectivity index (χ1v) is 15.4. The van der Waals surface area contributed by atoms with Crippen LogP contribution in [-0.2, 0) is 38.0 Å². The van der Waals surface area contributed by atoms with Crippen LogP contribution in [0.1, 0.15) is 49.9 Å². The molecular weight excluding hydrogens is 527 g/mol. The highest BCUT2D eigenvalue weighted by atomic mass is 79.9. The second kappa shape index (κ2) is 13.1. The third kappa shape index (κ3) is 6.65. The molecule has 0 bridgehead atoms. The lowest BCUT2D eigenvalue weighted by molar-refractivity contribution is 0.230. The van der Waals surface area contributed by atoms with Gasteiger partial charge in [-0.2, -0.15) is 11.8 Å². The summed E-state index contributed by atoms with van der Waals surface area (Å²) in [5.74, 6) is 1.97. The summed E-state index contributed by atoms with van der Waals surface area (Å²) in [6.45, 7) is 8.79. The van der Waals surface area contributed by atoms with Gasteiger partial charge in [0, 0.05) is 16.0 Å². The van der Waals surface area contributed by atoms with Gasteiger partial charge in [-0.05, 0) is 78.3 Å². The lowest BCUT2D eigenvalue weighted by Gasteiger charge is -2.18. The van der Waals surface area contributed by atoms with E-state index in [0.29, 0.717) is 18.5 Å². The third-order valence-corrected chi connectivity index (χ3v) is 9.65. The van der Waals surface area contributed by atoms with Crippen LogP contribution in [0.4, 0.5) is 0 Å². The Morgan fingerprint density at radius 3 is 2.12 bits per heavy atom.